The van der Waals surface area contributed by atoms with Crippen LogP contribution >= 0.6 is 23.9 Å². The van der Waals surface area contributed by atoms with Crippen LogP contribution in [0, 0.1) is 5.41 Å². The van der Waals surface area contributed by atoms with Crippen LogP contribution in [0.15, 0.2) is 119 Å². The normalized spacial score (nSPS) is 15.8. The van der Waals surface area contributed by atoms with Crippen molar-refractivity contribution in [3.63, 3.8) is 0 Å². The van der Waals surface area contributed by atoms with Crippen molar-refractivity contribution >= 4 is 23.9 Å². The van der Waals surface area contributed by atoms with E-state index in [4.69, 9.17) is 0 Å². The van der Waals surface area contributed by atoms with Gasteiger partial charge < -0.3 is 4.72 Å². The fraction of sp³-hybridized carbons (Fsp3) is 0.350. The van der Waals surface area contributed by atoms with Gasteiger partial charge in [-0.05, 0) is 119 Å². The van der Waals surface area contributed by atoms with Crippen LogP contribution in [-0.2, 0) is 12.8 Å². The molecule has 0 saturated carbocycles. The third-order valence-electron chi connectivity index (χ3n) is 8.85. The van der Waals surface area contributed by atoms with E-state index >= 15 is 0 Å². The van der Waals surface area contributed by atoms with Crippen molar-refractivity contribution in [1.82, 2.24) is 9.03 Å². The van der Waals surface area contributed by atoms with E-state index in [1.807, 2.05) is 11.9 Å². The van der Waals surface area contributed by atoms with Crippen molar-refractivity contribution in [2.75, 3.05) is 13.1 Å². The highest BCUT2D eigenvalue weighted by atomic mass is 32.2. The van der Waals surface area contributed by atoms with Crippen LogP contribution < -0.4 is 4.72 Å². The maximum Gasteiger partial charge on any atom is 0.0287 e. The molecule has 1 saturated heterocycles. The smallest absolute Gasteiger partial charge is 0.0287 e. The Morgan fingerprint density at radius 3 is 2.39 bits per heavy atom. The lowest BCUT2D eigenvalue weighted by atomic mass is 9.82. The number of nitrogens with one attached hydrogen (secondary N) is 1. The van der Waals surface area contributed by atoms with E-state index in [0.717, 1.165) is 31.6 Å². The van der Waals surface area contributed by atoms with Crippen molar-refractivity contribution in [2.24, 2.45) is 5.41 Å². The largest absolute Gasteiger partial charge is 0.329 e. The summed E-state index contributed by atoms with van der Waals surface area (Å²) < 4.78 is 6.12. The summed E-state index contributed by atoms with van der Waals surface area (Å²) >= 11 is 3.58. The minimum absolute atomic E-state index is 0.0669. The summed E-state index contributed by atoms with van der Waals surface area (Å²) in [5.41, 5.74) is 9.17. The lowest BCUT2D eigenvalue weighted by Crippen LogP contribution is -2.29. The van der Waals surface area contributed by atoms with Gasteiger partial charge in [0, 0.05) is 34.0 Å². The van der Waals surface area contributed by atoms with Gasteiger partial charge in [0.15, 0.2) is 0 Å². The first-order valence-corrected chi connectivity index (χ1v) is 17.7. The Labute approximate surface area is 275 Å². The average molecular weight is 621 g/mol. The first kappa shape index (κ1) is 32.5. The summed E-state index contributed by atoms with van der Waals surface area (Å²) in [4.78, 5) is 2.55. The van der Waals surface area contributed by atoms with E-state index in [1.54, 1.807) is 11.9 Å². The summed E-state index contributed by atoms with van der Waals surface area (Å²) in [7, 11) is 0. The van der Waals surface area contributed by atoms with E-state index < -0.39 is 0 Å². The maximum absolute atomic E-state index is 4.44. The Hall–Kier alpha value is -2.92. The summed E-state index contributed by atoms with van der Waals surface area (Å²) in [6, 6.07) is 36.2. The molecule has 0 bridgehead atoms. The van der Waals surface area contributed by atoms with Gasteiger partial charge in [-0.1, -0.05) is 114 Å². The molecule has 0 aliphatic carbocycles. The highest BCUT2D eigenvalue weighted by molar-refractivity contribution is 7.97. The number of benzene rings is 4. The summed E-state index contributed by atoms with van der Waals surface area (Å²) in [5, 5.41) is 0. The molecule has 1 heterocycles. The van der Waals surface area contributed by atoms with Gasteiger partial charge in [-0.2, -0.15) is 0 Å². The van der Waals surface area contributed by atoms with Crippen LogP contribution in [0.5, 0.6) is 0 Å². The van der Waals surface area contributed by atoms with Crippen molar-refractivity contribution in [2.45, 2.75) is 81.9 Å². The summed E-state index contributed by atoms with van der Waals surface area (Å²) in [6.07, 6.45) is 4.47. The predicted octanol–water partition coefficient (Wildman–Crippen LogP) is 11.3. The number of allylic oxidation sites excluding steroid dienone is 1. The quantitative estimate of drug-likeness (QED) is 0.158. The van der Waals surface area contributed by atoms with Crippen LogP contribution in [0.4, 0.5) is 0 Å². The lowest BCUT2D eigenvalue weighted by Gasteiger charge is -2.32. The molecule has 4 aromatic carbocycles. The zero-order valence-corrected chi connectivity index (χ0v) is 28.7. The molecule has 44 heavy (non-hydrogen) atoms. The van der Waals surface area contributed by atoms with E-state index in [1.165, 1.54) is 56.0 Å². The van der Waals surface area contributed by atoms with Crippen LogP contribution in [0.25, 0.3) is 11.1 Å². The Balaban J connectivity index is 1.19. The van der Waals surface area contributed by atoms with Gasteiger partial charge in [-0.25, -0.2) is 4.31 Å². The zero-order valence-electron chi connectivity index (χ0n) is 27.1. The van der Waals surface area contributed by atoms with E-state index in [2.05, 4.69) is 147 Å². The second-order valence-electron chi connectivity index (χ2n) is 13.1. The highest BCUT2D eigenvalue weighted by Gasteiger charge is 2.25. The fourth-order valence-corrected chi connectivity index (χ4v) is 7.87. The Bertz CT molecular complexity index is 1540. The molecule has 0 spiro atoms. The molecule has 1 aliphatic heterocycles. The topological polar surface area (TPSA) is 15.3 Å². The third kappa shape index (κ3) is 8.62. The molecule has 0 amide bonds. The molecule has 1 atom stereocenters. The molecular formula is C40H48N2S2. The van der Waals surface area contributed by atoms with Crippen LogP contribution in [-0.4, -0.2) is 17.4 Å². The SMILES string of the molecule is C=C(NSc1cccc(CC)c1)C(C)(C)Cc1cccc(C2CCCN(Sc3cccc(-c4ccc(C(C)C)cc4)c3)C2)c1. The molecule has 1 aliphatic rings. The van der Waals surface area contributed by atoms with Crippen LogP contribution in [0.3, 0.4) is 0 Å². The Morgan fingerprint density at radius 2 is 1.61 bits per heavy atom. The number of rotatable bonds is 12. The van der Waals surface area contributed by atoms with Gasteiger partial charge >= 0.3 is 0 Å². The molecule has 1 N–H and O–H groups in total. The second kappa shape index (κ2) is 14.9. The molecule has 0 radical (unpaired) electrons. The van der Waals surface area contributed by atoms with E-state index in [-0.39, 0.29) is 5.41 Å². The predicted molar refractivity (Wildman–Crippen MR) is 193 cm³/mol. The second-order valence-corrected chi connectivity index (χ2v) is 15.2. The zero-order chi connectivity index (χ0) is 31.1. The fourth-order valence-electron chi connectivity index (χ4n) is 5.90. The number of piperidine rings is 1. The molecule has 4 aromatic rings. The molecule has 1 fully saturated rings. The summed E-state index contributed by atoms with van der Waals surface area (Å²) in [6.45, 7) is 17.9. The van der Waals surface area contributed by atoms with Crippen molar-refractivity contribution < 1.29 is 0 Å². The van der Waals surface area contributed by atoms with Gasteiger partial charge in [0.05, 0.1) is 0 Å². The molecule has 0 aromatic heterocycles. The molecule has 2 nitrogen and oxygen atoms in total. The average Bonchev–Trinajstić information content (AvgIpc) is 3.04. The first-order chi connectivity index (χ1) is 21.2. The first-order valence-electron chi connectivity index (χ1n) is 16.1. The van der Waals surface area contributed by atoms with Gasteiger partial charge in [-0.15, -0.1) is 0 Å². The minimum Gasteiger partial charge on any atom is -0.329 e. The van der Waals surface area contributed by atoms with E-state index in [0.29, 0.717) is 11.8 Å². The number of aryl methyl sites for hydroxylation is 1. The Kier molecular flexibility index (Phi) is 11.0. The molecular weight excluding hydrogens is 573 g/mol. The van der Waals surface area contributed by atoms with E-state index in [9.17, 15) is 0 Å². The highest BCUT2D eigenvalue weighted by Crippen LogP contribution is 2.36. The minimum atomic E-state index is -0.0669. The molecule has 4 heteroatoms. The van der Waals surface area contributed by atoms with Gasteiger partial charge in [0.2, 0.25) is 0 Å². The van der Waals surface area contributed by atoms with Crippen molar-refractivity contribution in [1.29, 1.82) is 0 Å². The number of hydrogen-bond donors (Lipinski definition) is 1. The van der Waals surface area contributed by atoms with Crippen molar-refractivity contribution in [3.05, 3.63) is 132 Å². The molecule has 5 rings (SSSR count). The van der Waals surface area contributed by atoms with Gasteiger partial charge in [0.1, 0.15) is 0 Å². The number of nitrogens with zero attached hydrogens (tertiary/aromatic N) is 1. The molecule has 1 unspecified atom stereocenters. The monoisotopic (exact) mass is 620 g/mol. The lowest BCUT2D eigenvalue weighted by molar-refractivity contribution is 0.342. The number of hydrogen-bond acceptors (Lipinski definition) is 4. The van der Waals surface area contributed by atoms with Crippen molar-refractivity contribution in [3.8, 4) is 11.1 Å². The third-order valence-corrected chi connectivity index (χ3v) is 10.7. The summed E-state index contributed by atoms with van der Waals surface area (Å²) in [5.74, 6) is 1.11. The van der Waals surface area contributed by atoms with Gasteiger partial charge in [0.25, 0.3) is 0 Å². The Morgan fingerprint density at radius 1 is 0.886 bits per heavy atom. The van der Waals surface area contributed by atoms with Crippen LogP contribution in [0.1, 0.15) is 81.5 Å². The molecule has 230 valence electrons. The maximum atomic E-state index is 4.44. The van der Waals surface area contributed by atoms with Crippen LogP contribution in [0.2, 0.25) is 0 Å². The standard InChI is InChI=1S/C40H48N2S2/c1-7-31-12-9-17-38(25-31)43-41-30(4)40(5,6)27-32-13-8-14-35(24-32)37-16-11-23-42(28-37)44-39-18-10-15-36(26-39)34-21-19-33(20-22-34)29(2)3/h8-10,12-15,17-22,24-26,29,37,41H,4,7,11,16,23,27-28H2,1-3,5-6H3. The van der Waals surface area contributed by atoms with Gasteiger partial charge in [-0.3, -0.25) is 0 Å².